The maximum Gasteiger partial charge on any atom is 0.123 e. The van der Waals surface area contributed by atoms with Crippen LogP contribution >= 0.6 is 0 Å². The Morgan fingerprint density at radius 2 is 2.06 bits per heavy atom. The highest BCUT2D eigenvalue weighted by atomic mass is 19.1. The van der Waals surface area contributed by atoms with Gasteiger partial charge in [-0.25, -0.2) is 4.39 Å². The van der Waals surface area contributed by atoms with Crippen LogP contribution in [0.5, 0.6) is 0 Å². The van der Waals surface area contributed by atoms with E-state index in [4.69, 9.17) is 0 Å². The summed E-state index contributed by atoms with van der Waals surface area (Å²) in [5.41, 5.74) is 0.120. The Kier molecular flexibility index (Phi) is 4.00. The number of β-amino-alcohol motifs (C(OH)–C–C–N with tert-alkyl or cyclic N) is 1. The molecule has 0 spiro atoms. The Morgan fingerprint density at radius 1 is 1.39 bits per heavy atom. The van der Waals surface area contributed by atoms with Crippen LogP contribution in [0.4, 0.5) is 4.39 Å². The molecule has 1 heterocycles. The maximum atomic E-state index is 12.7. The van der Waals surface area contributed by atoms with Gasteiger partial charge in [-0.1, -0.05) is 12.1 Å². The second kappa shape index (κ2) is 5.34. The van der Waals surface area contributed by atoms with E-state index in [0.29, 0.717) is 13.0 Å². The number of aliphatic hydroxyl groups excluding tert-OH is 1. The Balaban J connectivity index is 1.83. The minimum atomic E-state index is -0.966. The van der Waals surface area contributed by atoms with Crippen LogP contribution in [0.15, 0.2) is 24.3 Å². The molecule has 0 amide bonds. The first-order valence-electron chi connectivity index (χ1n) is 6.34. The summed E-state index contributed by atoms with van der Waals surface area (Å²) in [6.45, 7) is 3.77. The van der Waals surface area contributed by atoms with Gasteiger partial charge >= 0.3 is 0 Å². The van der Waals surface area contributed by atoms with Gasteiger partial charge in [-0.3, -0.25) is 0 Å². The summed E-state index contributed by atoms with van der Waals surface area (Å²) in [5, 5.41) is 19.7. The number of hydrogen-bond acceptors (Lipinski definition) is 3. The summed E-state index contributed by atoms with van der Waals surface area (Å²) in [6.07, 6.45) is 0.715. The third-order valence-electron chi connectivity index (χ3n) is 3.71. The maximum absolute atomic E-state index is 12.7. The van der Waals surface area contributed by atoms with E-state index in [9.17, 15) is 14.6 Å². The highest BCUT2D eigenvalue weighted by Gasteiger charge is 2.35. The fourth-order valence-corrected chi connectivity index (χ4v) is 2.22. The number of piperidine rings is 1. The molecule has 100 valence electrons. The monoisotopic (exact) mass is 253 g/mol. The van der Waals surface area contributed by atoms with Gasteiger partial charge < -0.3 is 15.1 Å². The Labute approximate surface area is 107 Å². The molecule has 1 aliphatic rings. The SMILES string of the molecule is C[C@]1(O)CCN(CCc2ccc(F)cc2)C[C@@H]1O. The van der Waals surface area contributed by atoms with E-state index >= 15 is 0 Å². The molecule has 1 aliphatic heterocycles. The van der Waals surface area contributed by atoms with Crippen LogP contribution in [0.1, 0.15) is 18.9 Å². The summed E-state index contributed by atoms with van der Waals surface area (Å²) in [5.74, 6) is -0.219. The third kappa shape index (κ3) is 3.28. The van der Waals surface area contributed by atoms with E-state index in [0.717, 1.165) is 25.1 Å². The molecule has 1 saturated heterocycles. The van der Waals surface area contributed by atoms with Crippen LogP contribution in [0, 0.1) is 5.82 Å². The zero-order chi connectivity index (χ0) is 13.2. The molecule has 0 radical (unpaired) electrons. The highest BCUT2D eigenvalue weighted by molar-refractivity contribution is 5.16. The van der Waals surface area contributed by atoms with Gasteiger partial charge in [0.15, 0.2) is 0 Å². The fourth-order valence-electron chi connectivity index (χ4n) is 2.22. The number of likely N-dealkylation sites (tertiary alicyclic amines) is 1. The molecule has 0 bridgehead atoms. The lowest BCUT2D eigenvalue weighted by molar-refractivity contribution is -0.106. The van der Waals surface area contributed by atoms with E-state index in [2.05, 4.69) is 4.90 Å². The molecular formula is C14H20FNO2. The van der Waals surface area contributed by atoms with Gasteiger partial charge in [0.05, 0.1) is 11.7 Å². The molecule has 18 heavy (non-hydrogen) atoms. The van der Waals surface area contributed by atoms with Gasteiger partial charge in [0.2, 0.25) is 0 Å². The number of benzene rings is 1. The Hall–Kier alpha value is -0.970. The summed E-state index contributed by atoms with van der Waals surface area (Å²) in [6, 6.07) is 6.49. The fraction of sp³-hybridized carbons (Fsp3) is 0.571. The average Bonchev–Trinajstić information content (AvgIpc) is 2.33. The van der Waals surface area contributed by atoms with Crippen molar-refractivity contribution in [1.82, 2.24) is 4.90 Å². The smallest absolute Gasteiger partial charge is 0.123 e. The molecule has 2 N–H and O–H groups in total. The zero-order valence-electron chi connectivity index (χ0n) is 10.6. The Morgan fingerprint density at radius 3 is 2.67 bits per heavy atom. The zero-order valence-corrected chi connectivity index (χ0v) is 10.6. The van der Waals surface area contributed by atoms with Gasteiger partial charge in [-0.05, 0) is 37.5 Å². The first-order chi connectivity index (χ1) is 8.47. The second-order valence-corrected chi connectivity index (χ2v) is 5.30. The molecule has 0 aromatic heterocycles. The third-order valence-corrected chi connectivity index (χ3v) is 3.71. The summed E-state index contributed by atoms with van der Waals surface area (Å²) >= 11 is 0. The van der Waals surface area contributed by atoms with Gasteiger partial charge in [0.25, 0.3) is 0 Å². The molecular weight excluding hydrogens is 233 g/mol. The van der Waals surface area contributed by atoms with E-state index in [-0.39, 0.29) is 5.82 Å². The van der Waals surface area contributed by atoms with Crippen molar-refractivity contribution in [2.75, 3.05) is 19.6 Å². The van der Waals surface area contributed by atoms with Gasteiger partial charge in [-0.15, -0.1) is 0 Å². The lowest BCUT2D eigenvalue weighted by Gasteiger charge is -2.39. The van der Waals surface area contributed by atoms with E-state index in [1.807, 2.05) is 0 Å². The van der Waals surface area contributed by atoms with Crippen molar-refractivity contribution >= 4 is 0 Å². The average molecular weight is 253 g/mol. The molecule has 4 heteroatoms. The molecule has 2 atom stereocenters. The normalized spacial score (nSPS) is 29.4. The van der Waals surface area contributed by atoms with Crippen molar-refractivity contribution in [3.63, 3.8) is 0 Å². The Bertz CT molecular complexity index is 391. The topological polar surface area (TPSA) is 43.7 Å². The summed E-state index contributed by atoms with van der Waals surface area (Å²) in [4.78, 5) is 2.13. The molecule has 1 fully saturated rings. The van der Waals surface area contributed by atoms with Crippen LogP contribution < -0.4 is 0 Å². The minimum absolute atomic E-state index is 0.219. The second-order valence-electron chi connectivity index (χ2n) is 5.30. The predicted molar refractivity (Wildman–Crippen MR) is 67.8 cm³/mol. The molecule has 0 unspecified atom stereocenters. The van der Waals surface area contributed by atoms with E-state index < -0.39 is 11.7 Å². The largest absolute Gasteiger partial charge is 0.389 e. The number of rotatable bonds is 3. The first-order valence-corrected chi connectivity index (χ1v) is 6.34. The lowest BCUT2D eigenvalue weighted by Crippen LogP contribution is -2.54. The molecule has 1 aromatic rings. The van der Waals surface area contributed by atoms with Crippen LogP contribution in [-0.2, 0) is 6.42 Å². The van der Waals surface area contributed by atoms with E-state index in [1.165, 1.54) is 12.1 Å². The van der Waals surface area contributed by atoms with Crippen molar-refractivity contribution in [3.05, 3.63) is 35.6 Å². The predicted octanol–water partition coefficient (Wildman–Crippen LogP) is 1.19. The standard InChI is InChI=1S/C14H20FNO2/c1-14(18)7-9-16(10-13(14)17)8-6-11-2-4-12(15)5-3-11/h2-5,13,17-18H,6-10H2,1H3/t13-,14-/m0/s1. The van der Waals surface area contributed by atoms with Gasteiger partial charge in [0.1, 0.15) is 5.82 Å². The van der Waals surface area contributed by atoms with Crippen LogP contribution in [-0.4, -0.2) is 46.5 Å². The molecule has 3 nitrogen and oxygen atoms in total. The van der Waals surface area contributed by atoms with E-state index in [1.54, 1.807) is 19.1 Å². The molecule has 2 rings (SSSR count). The van der Waals surface area contributed by atoms with Crippen LogP contribution in [0.25, 0.3) is 0 Å². The van der Waals surface area contributed by atoms with Crippen LogP contribution in [0.3, 0.4) is 0 Å². The van der Waals surface area contributed by atoms with Crippen molar-refractivity contribution in [2.45, 2.75) is 31.5 Å². The summed E-state index contributed by atoms with van der Waals surface area (Å²) in [7, 11) is 0. The first kappa shape index (κ1) is 13.5. The highest BCUT2D eigenvalue weighted by Crippen LogP contribution is 2.21. The summed E-state index contributed by atoms with van der Waals surface area (Å²) < 4.78 is 12.7. The van der Waals surface area contributed by atoms with Gasteiger partial charge in [-0.2, -0.15) is 0 Å². The number of nitrogens with zero attached hydrogens (tertiary/aromatic N) is 1. The number of aliphatic hydroxyl groups is 2. The van der Waals surface area contributed by atoms with Crippen molar-refractivity contribution in [3.8, 4) is 0 Å². The van der Waals surface area contributed by atoms with Crippen molar-refractivity contribution in [1.29, 1.82) is 0 Å². The number of halogens is 1. The molecule has 0 saturated carbocycles. The number of hydrogen-bond donors (Lipinski definition) is 2. The molecule has 0 aliphatic carbocycles. The lowest BCUT2D eigenvalue weighted by atomic mass is 9.90. The molecule has 1 aromatic carbocycles. The van der Waals surface area contributed by atoms with Crippen molar-refractivity contribution in [2.24, 2.45) is 0 Å². The van der Waals surface area contributed by atoms with Crippen molar-refractivity contribution < 1.29 is 14.6 Å². The minimum Gasteiger partial charge on any atom is -0.389 e. The van der Waals surface area contributed by atoms with Crippen LogP contribution in [0.2, 0.25) is 0 Å². The quantitative estimate of drug-likeness (QED) is 0.850. The van der Waals surface area contributed by atoms with Gasteiger partial charge in [0, 0.05) is 19.6 Å².